The summed E-state index contributed by atoms with van der Waals surface area (Å²) in [6, 6.07) is 9.35. The lowest BCUT2D eigenvalue weighted by molar-refractivity contribution is -0.0449. The van der Waals surface area contributed by atoms with Gasteiger partial charge in [0.15, 0.2) is 0 Å². The number of aliphatic hydroxyl groups excluding tert-OH is 1. The first-order valence-corrected chi connectivity index (χ1v) is 18.5. The molecule has 2 unspecified atom stereocenters. The summed E-state index contributed by atoms with van der Waals surface area (Å²) >= 11 is 0. The molecule has 0 aliphatic carbocycles. The quantitative estimate of drug-likeness (QED) is 0.0887. The largest absolute Gasteiger partial charge is 0.490 e. The summed E-state index contributed by atoms with van der Waals surface area (Å²) < 4.78 is 52.6. The molecule has 0 amide bonds. The number of hydrogen-bond donors (Lipinski definition) is 6. The molecule has 48 heavy (non-hydrogen) atoms. The molecule has 3 aromatic heterocycles. The molecule has 0 bridgehead atoms. The topological polar surface area (TPSA) is 276 Å². The van der Waals surface area contributed by atoms with Gasteiger partial charge in [-0.1, -0.05) is 29.7 Å². The van der Waals surface area contributed by atoms with Crippen LogP contribution in [0.25, 0.3) is 11.4 Å². The van der Waals surface area contributed by atoms with E-state index in [0.717, 1.165) is 34.4 Å². The summed E-state index contributed by atoms with van der Waals surface area (Å²) in [5.74, 6) is 11.9. The highest BCUT2D eigenvalue weighted by atomic mass is 31.3. The second kappa shape index (κ2) is 16.2. The van der Waals surface area contributed by atoms with Gasteiger partial charge in [-0.3, -0.25) is 19.1 Å². The van der Waals surface area contributed by atoms with Crippen molar-refractivity contribution >= 4 is 29.3 Å². The Kier molecular flexibility index (Phi) is 12.6. The number of nitrogens with zero attached hydrogens (tertiary/aromatic N) is 4. The number of aliphatic hydroxyl groups is 1. The van der Waals surface area contributed by atoms with E-state index in [4.69, 9.17) is 20.3 Å². The Labute approximate surface area is 273 Å². The molecule has 18 nitrogen and oxygen atoms in total. The lowest BCUT2D eigenvalue weighted by Gasteiger charge is -2.19. The van der Waals surface area contributed by atoms with E-state index in [2.05, 4.69) is 51.8 Å². The maximum atomic E-state index is 12.5. The fourth-order valence-corrected chi connectivity index (χ4v) is 7.20. The fraction of sp³-hybridized carbons (Fsp3) is 0.333. The van der Waals surface area contributed by atoms with E-state index in [1.54, 1.807) is 12.4 Å². The monoisotopic (exact) mass is 725 g/mol. The third-order valence-corrected chi connectivity index (χ3v) is 10.1. The molecule has 1 aliphatic heterocycles. The van der Waals surface area contributed by atoms with E-state index in [0.29, 0.717) is 12.8 Å². The third kappa shape index (κ3) is 11.5. The zero-order valence-corrected chi connectivity index (χ0v) is 27.5. The van der Waals surface area contributed by atoms with Crippen molar-refractivity contribution in [2.75, 3.05) is 12.3 Å². The minimum atomic E-state index is -5.72. The highest BCUT2D eigenvalue weighted by Crippen LogP contribution is 2.66. The van der Waals surface area contributed by atoms with E-state index in [1.165, 1.54) is 6.20 Å². The van der Waals surface area contributed by atoms with Crippen LogP contribution in [-0.4, -0.2) is 63.0 Å². The van der Waals surface area contributed by atoms with Crippen LogP contribution in [0.4, 0.5) is 5.82 Å². The highest BCUT2D eigenvalue weighted by Gasteiger charge is 2.43. The molecular weight excluding hydrogens is 695 g/mol. The summed E-state index contributed by atoms with van der Waals surface area (Å²) in [7, 11) is -16.7. The fourth-order valence-electron chi connectivity index (χ4n) is 4.17. The number of aromatic nitrogens is 4. The van der Waals surface area contributed by atoms with Gasteiger partial charge in [0, 0.05) is 43.4 Å². The lowest BCUT2D eigenvalue weighted by atomic mass is 10.1. The molecule has 0 radical (unpaired) electrons. The average molecular weight is 725 g/mol. The van der Waals surface area contributed by atoms with Crippen LogP contribution in [0.3, 0.4) is 0 Å². The first-order chi connectivity index (χ1) is 22.6. The predicted molar refractivity (Wildman–Crippen MR) is 167 cm³/mol. The van der Waals surface area contributed by atoms with Crippen LogP contribution >= 0.6 is 23.5 Å². The van der Waals surface area contributed by atoms with Crippen LogP contribution in [0.5, 0.6) is 0 Å². The first-order valence-electron chi connectivity index (χ1n) is 14.0. The van der Waals surface area contributed by atoms with Gasteiger partial charge in [-0.25, -0.2) is 18.5 Å². The Morgan fingerprint density at radius 2 is 1.67 bits per heavy atom. The minimum absolute atomic E-state index is 0.125. The first kappa shape index (κ1) is 37.3. The van der Waals surface area contributed by atoms with Gasteiger partial charge in [0.1, 0.15) is 18.1 Å². The number of nitrogens with two attached hydrogens (primary N) is 1. The molecule has 0 spiro atoms. The van der Waals surface area contributed by atoms with Crippen molar-refractivity contribution < 1.29 is 56.3 Å². The van der Waals surface area contributed by atoms with Crippen molar-refractivity contribution in [1.82, 2.24) is 19.5 Å². The second-order valence-electron chi connectivity index (χ2n) is 10.0. The van der Waals surface area contributed by atoms with Gasteiger partial charge in [-0.05, 0) is 37.1 Å². The molecule has 7 N–H and O–H groups in total. The van der Waals surface area contributed by atoms with Crippen molar-refractivity contribution in [3.8, 4) is 35.1 Å². The van der Waals surface area contributed by atoms with Crippen LogP contribution in [0, 0.1) is 23.7 Å². The Morgan fingerprint density at radius 3 is 2.31 bits per heavy atom. The second-order valence-corrected chi connectivity index (χ2v) is 14.4. The number of rotatable bonds is 12. The minimum Gasteiger partial charge on any atom is -0.390 e. The summed E-state index contributed by atoms with van der Waals surface area (Å²) in [6.07, 6.45) is 3.33. The number of hydrogen-bond acceptors (Lipinski definition) is 13. The molecule has 1 aliphatic rings. The van der Waals surface area contributed by atoms with Crippen LogP contribution < -0.4 is 11.4 Å². The molecule has 5 atom stereocenters. The van der Waals surface area contributed by atoms with Gasteiger partial charge in [0.25, 0.3) is 0 Å². The van der Waals surface area contributed by atoms with Crippen LogP contribution in [0.2, 0.25) is 0 Å². The number of pyridine rings is 2. The molecule has 4 rings (SSSR count). The predicted octanol–water partition coefficient (Wildman–Crippen LogP) is 2.24. The van der Waals surface area contributed by atoms with Crippen molar-refractivity contribution in [2.24, 2.45) is 0 Å². The Morgan fingerprint density at radius 1 is 0.958 bits per heavy atom. The van der Waals surface area contributed by atoms with E-state index in [-0.39, 0.29) is 17.8 Å². The van der Waals surface area contributed by atoms with Crippen LogP contribution in [-0.2, 0) is 31.6 Å². The molecule has 1 saturated heterocycles. The summed E-state index contributed by atoms with van der Waals surface area (Å²) in [4.78, 5) is 61.0. The normalized spacial score (nSPS) is 20.1. The van der Waals surface area contributed by atoms with E-state index in [9.17, 15) is 33.4 Å². The van der Waals surface area contributed by atoms with Gasteiger partial charge >= 0.3 is 29.2 Å². The van der Waals surface area contributed by atoms with E-state index in [1.807, 2.05) is 30.3 Å². The number of anilines is 1. The van der Waals surface area contributed by atoms with E-state index < -0.39 is 54.2 Å². The van der Waals surface area contributed by atoms with E-state index >= 15 is 0 Å². The van der Waals surface area contributed by atoms with Crippen molar-refractivity contribution in [1.29, 1.82) is 0 Å². The average Bonchev–Trinajstić information content (AvgIpc) is 3.37. The zero-order valence-electron chi connectivity index (χ0n) is 24.8. The number of ether oxygens (including phenoxy) is 1. The van der Waals surface area contributed by atoms with Crippen molar-refractivity contribution in [3.63, 3.8) is 0 Å². The summed E-state index contributed by atoms with van der Waals surface area (Å²) in [5, 5.41) is 10.3. The van der Waals surface area contributed by atoms with Gasteiger partial charge in [0.2, 0.25) is 0 Å². The summed E-state index contributed by atoms with van der Waals surface area (Å²) in [5.41, 5.74) is 7.58. The van der Waals surface area contributed by atoms with Crippen LogP contribution in [0.15, 0.2) is 53.7 Å². The Balaban J connectivity index is 1.26. The molecule has 1 fully saturated rings. The lowest BCUT2D eigenvalue weighted by Crippen LogP contribution is -2.29. The van der Waals surface area contributed by atoms with Crippen LogP contribution in [0.1, 0.15) is 49.5 Å². The smallest absolute Gasteiger partial charge is 0.390 e. The van der Waals surface area contributed by atoms with Gasteiger partial charge < -0.3 is 35.2 Å². The molecule has 0 saturated carbocycles. The molecule has 3 aromatic rings. The Hall–Kier alpha value is -3.57. The van der Waals surface area contributed by atoms with Gasteiger partial charge in [0.05, 0.1) is 29.7 Å². The van der Waals surface area contributed by atoms with Gasteiger partial charge in [-0.15, -0.1) is 0 Å². The van der Waals surface area contributed by atoms with Gasteiger partial charge in [-0.2, -0.15) is 13.6 Å². The number of nitrogen functional groups attached to an aromatic ring is 1. The van der Waals surface area contributed by atoms with Crippen molar-refractivity contribution in [2.45, 2.75) is 50.5 Å². The highest BCUT2D eigenvalue weighted by molar-refractivity contribution is 7.66. The molecule has 21 heteroatoms. The SMILES string of the molecule is Nc1nc(=O)n([C@H]2C[C@H](O)[C@@H](COP(=O)(O)OP(=O)(O)OP(=O)(O)O)O2)cc1C#CCCCCC#Cc1ccc(-c2ccccn2)nc1. The zero-order chi connectivity index (χ0) is 35.0. The molecule has 4 heterocycles. The molecule has 256 valence electrons. The van der Waals surface area contributed by atoms with Crippen molar-refractivity contribution in [3.05, 3.63) is 70.5 Å². The number of phosphoric acid groups is 3. The Bertz CT molecular complexity index is 1920. The molecular formula is C27H30N5O13P3. The molecule has 0 aromatic carbocycles. The third-order valence-electron chi connectivity index (χ3n) is 6.31. The number of phosphoric ester groups is 1. The maximum absolute atomic E-state index is 12.5. The number of unbranched alkanes of at least 4 members (excludes halogenated alkanes) is 3. The maximum Gasteiger partial charge on any atom is 0.490 e. The summed E-state index contributed by atoms with van der Waals surface area (Å²) in [6.45, 7) is -0.898. The standard InChI is InChI=1S/C27H30N5O13P3/c28-26-20(10-6-4-2-1-3-5-9-19-12-13-22(30-16-19)21-11-7-8-14-29-21)17-32(27(34)31-26)25-15-23(33)24(43-25)18-42-47(38,39)45-48(40,41)44-46(35,36)37/h7-8,11-14,16-17,23-25,33H,1-4,15,18H2,(H,38,39)(H,40,41)(H2,28,31,34)(H2,35,36,37)/t23-,24+,25+/m0/s1.